The lowest BCUT2D eigenvalue weighted by atomic mass is 10.0. The fourth-order valence-electron chi connectivity index (χ4n) is 2.47. The molecule has 1 heterocycles. The largest absolute Gasteiger partial charge is 0.350 e. The van der Waals surface area contributed by atoms with Crippen LogP contribution in [0, 0.1) is 5.41 Å². The van der Waals surface area contributed by atoms with Crippen LogP contribution in [-0.2, 0) is 0 Å². The molecule has 0 aliphatic heterocycles. The van der Waals surface area contributed by atoms with Crippen molar-refractivity contribution >= 4 is 16.7 Å². The lowest BCUT2D eigenvalue weighted by Crippen LogP contribution is -2.31. The first kappa shape index (κ1) is 12.8. The van der Waals surface area contributed by atoms with E-state index in [0.717, 1.165) is 6.42 Å². The van der Waals surface area contributed by atoms with E-state index < -0.39 is 0 Å². The van der Waals surface area contributed by atoms with Crippen LogP contribution in [0.15, 0.2) is 29.1 Å². The van der Waals surface area contributed by atoms with Crippen LogP contribution >= 0.6 is 0 Å². The van der Waals surface area contributed by atoms with E-state index in [1.807, 2.05) is 0 Å². The van der Waals surface area contributed by atoms with Crippen molar-refractivity contribution in [2.75, 3.05) is 6.54 Å². The van der Waals surface area contributed by atoms with Crippen molar-refractivity contribution in [2.24, 2.45) is 5.41 Å². The molecule has 1 aliphatic rings. The van der Waals surface area contributed by atoms with E-state index in [4.69, 9.17) is 0 Å². The first-order valence-electron chi connectivity index (χ1n) is 6.91. The number of rotatable bonds is 4. The fourth-order valence-corrected chi connectivity index (χ4v) is 2.47. The molecule has 1 aliphatic carbocycles. The van der Waals surface area contributed by atoms with Gasteiger partial charge in [0.15, 0.2) is 5.69 Å². The van der Waals surface area contributed by atoms with Crippen molar-refractivity contribution in [3.8, 4) is 0 Å². The van der Waals surface area contributed by atoms with Crippen LogP contribution in [0.25, 0.3) is 10.8 Å². The minimum atomic E-state index is -0.274. The van der Waals surface area contributed by atoms with E-state index >= 15 is 0 Å². The quantitative estimate of drug-likeness (QED) is 0.891. The van der Waals surface area contributed by atoms with Crippen LogP contribution in [0.4, 0.5) is 0 Å². The molecule has 2 aromatic rings. The van der Waals surface area contributed by atoms with Crippen molar-refractivity contribution in [1.82, 2.24) is 15.5 Å². The lowest BCUT2D eigenvalue weighted by molar-refractivity contribution is 0.0940. The number of nitrogens with zero attached hydrogens (tertiary/aromatic N) is 1. The van der Waals surface area contributed by atoms with Gasteiger partial charge in [0, 0.05) is 11.9 Å². The Morgan fingerprint density at radius 2 is 2.05 bits per heavy atom. The predicted molar refractivity (Wildman–Crippen MR) is 76.7 cm³/mol. The molecule has 1 aromatic heterocycles. The van der Waals surface area contributed by atoms with Gasteiger partial charge in [0.25, 0.3) is 11.5 Å². The first-order valence-corrected chi connectivity index (χ1v) is 6.91. The lowest BCUT2D eigenvalue weighted by Gasteiger charge is -2.13. The van der Waals surface area contributed by atoms with E-state index in [2.05, 4.69) is 22.4 Å². The Bertz CT molecular complexity index is 716. The zero-order valence-corrected chi connectivity index (χ0v) is 11.4. The smallest absolute Gasteiger partial charge is 0.272 e. The summed E-state index contributed by atoms with van der Waals surface area (Å²) in [5, 5.41) is 10.3. The van der Waals surface area contributed by atoms with Gasteiger partial charge in [-0.15, -0.1) is 0 Å². The molecule has 1 aromatic carbocycles. The van der Waals surface area contributed by atoms with Gasteiger partial charge in [-0.2, -0.15) is 5.10 Å². The maximum atomic E-state index is 12.3. The average Bonchev–Trinajstić information content (AvgIpc) is 3.26. The van der Waals surface area contributed by atoms with E-state index in [-0.39, 0.29) is 22.6 Å². The molecule has 0 saturated heterocycles. The van der Waals surface area contributed by atoms with Crippen LogP contribution in [0.1, 0.15) is 36.7 Å². The van der Waals surface area contributed by atoms with Crippen molar-refractivity contribution in [1.29, 1.82) is 0 Å². The third kappa shape index (κ3) is 2.19. The number of carbonyl (C=O) groups excluding carboxylic acids is 1. The standard InChI is InChI=1S/C15H17N3O2/c1-2-15(7-8-15)9-16-14(20)12-10-5-3-4-6-11(10)13(19)18-17-12/h3-6H,2,7-9H2,1H3,(H,16,20)(H,18,19). The van der Waals surface area contributed by atoms with Gasteiger partial charge in [-0.05, 0) is 30.7 Å². The number of H-pyrrole nitrogens is 1. The Labute approximate surface area is 116 Å². The molecule has 0 atom stereocenters. The number of hydrogen-bond donors (Lipinski definition) is 2. The molecule has 0 unspecified atom stereocenters. The molecule has 5 heteroatoms. The number of aromatic amines is 1. The summed E-state index contributed by atoms with van der Waals surface area (Å²) in [5.74, 6) is -0.225. The number of amides is 1. The van der Waals surface area contributed by atoms with Crippen LogP contribution in [0.5, 0.6) is 0 Å². The molecule has 5 nitrogen and oxygen atoms in total. The van der Waals surface area contributed by atoms with Crippen molar-refractivity contribution in [3.63, 3.8) is 0 Å². The second-order valence-electron chi connectivity index (χ2n) is 5.48. The van der Waals surface area contributed by atoms with E-state index in [1.165, 1.54) is 12.8 Å². The molecule has 1 amide bonds. The predicted octanol–water partition coefficient (Wildman–Crippen LogP) is 1.84. The van der Waals surface area contributed by atoms with Crippen LogP contribution in [-0.4, -0.2) is 22.6 Å². The van der Waals surface area contributed by atoms with Gasteiger partial charge in [-0.25, -0.2) is 5.10 Å². The Hall–Kier alpha value is -2.17. The minimum Gasteiger partial charge on any atom is -0.350 e. The second-order valence-corrected chi connectivity index (χ2v) is 5.48. The van der Waals surface area contributed by atoms with Gasteiger partial charge in [0.1, 0.15) is 0 Å². The van der Waals surface area contributed by atoms with Crippen molar-refractivity contribution < 1.29 is 4.79 Å². The highest BCUT2D eigenvalue weighted by molar-refractivity contribution is 6.04. The molecule has 3 rings (SSSR count). The summed E-state index contributed by atoms with van der Waals surface area (Å²) in [6.45, 7) is 2.82. The summed E-state index contributed by atoms with van der Waals surface area (Å²) in [6.07, 6.45) is 3.42. The molecule has 20 heavy (non-hydrogen) atoms. The molecule has 0 bridgehead atoms. The topological polar surface area (TPSA) is 74.8 Å². The van der Waals surface area contributed by atoms with E-state index in [0.29, 0.717) is 17.3 Å². The van der Waals surface area contributed by atoms with Crippen LogP contribution in [0.3, 0.4) is 0 Å². The summed E-state index contributed by atoms with van der Waals surface area (Å²) in [6, 6.07) is 7.02. The zero-order chi connectivity index (χ0) is 14.2. The van der Waals surface area contributed by atoms with Crippen LogP contribution in [0.2, 0.25) is 0 Å². The maximum Gasteiger partial charge on any atom is 0.272 e. The number of fused-ring (bicyclic) bond motifs is 1. The fraction of sp³-hybridized carbons (Fsp3) is 0.400. The first-order chi connectivity index (χ1) is 9.65. The summed E-state index contributed by atoms with van der Waals surface area (Å²) in [7, 11) is 0. The number of aromatic nitrogens is 2. The van der Waals surface area contributed by atoms with E-state index in [9.17, 15) is 9.59 Å². The van der Waals surface area contributed by atoms with Gasteiger partial charge in [0.05, 0.1) is 5.39 Å². The monoisotopic (exact) mass is 271 g/mol. The molecule has 0 spiro atoms. The Kier molecular flexibility index (Phi) is 3.04. The number of nitrogens with one attached hydrogen (secondary N) is 2. The van der Waals surface area contributed by atoms with Crippen molar-refractivity contribution in [3.05, 3.63) is 40.3 Å². The van der Waals surface area contributed by atoms with Gasteiger partial charge >= 0.3 is 0 Å². The second kappa shape index (κ2) is 4.74. The highest BCUT2D eigenvalue weighted by Crippen LogP contribution is 2.47. The van der Waals surface area contributed by atoms with Gasteiger partial charge < -0.3 is 5.32 Å². The molecule has 0 radical (unpaired) electrons. The molecular formula is C15H17N3O2. The van der Waals surface area contributed by atoms with Gasteiger partial charge in [-0.3, -0.25) is 9.59 Å². The normalized spacial score (nSPS) is 16.1. The highest BCUT2D eigenvalue weighted by atomic mass is 16.2. The third-order valence-electron chi connectivity index (χ3n) is 4.24. The Balaban J connectivity index is 1.88. The summed E-state index contributed by atoms with van der Waals surface area (Å²) < 4.78 is 0. The Morgan fingerprint density at radius 1 is 1.35 bits per heavy atom. The number of carbonyl (C=O) groups is 1. The molecule has 1 saturated carbocycles. The Morgan fingerprint density at radius 3 is 2.70 bits per heavy atom. The van der Waals surface area contributed by atoms with Gasteiger partial charge in [-0.1, -0.05) is 25.1 Å². The molecule has 104 valence electrons. The maximum absolute atomic E-state index is 12.3. The molecule has 2 N–H and O–H groups in total. The highest BCUT2D eigenvalue weighted by Gasteiger charge is 2.40. The minimum absolute atomic E-state index is 0.225. The third-order valence-corrected chi connectivity index (χ3v) is 4.24. The van der Waals surface area contributed by atoms with E-state index in [1.54, 1.807) is 24.3 Å². The summed E-state index contributed by atoms with van der Waals surface area (Å²) in [5.41, 5.74) is 0.296. The SMILES string of the molecule is CCC1(CNC(=O)c2n[nH]c(=O)c3ccccc23)CC1. The summed E-state index contributed by atoms with van der Waals surface area (Å²) >= 11 is 0. The van der Waals surface area contributed by atoms with Crippen molar-refractivity contribution in [2.45, 2.75) is 26.2 Å². The number of benzene rings is 1. The number of hydrogen-bond acceptors (Lipinski definition) is 3. The molecular weight excluding hydrogens is 254 g/mol. The van der Waals surface area contributed by atoms with Gasteiger partial charge in [0.2, 0.25) is 0 Å². The van der Waals surface area contributed by atoms with Crippen LogP contribution < -0.4 is 10.9 Å². The zero-order valence-electron chi connectivity index (χ0n) is 11.4. The molecule has 1 fully saturated rings. The average molecular weight is 271 g/mol. The summed E-state index contributed by atoms with van der Waals surface area (Å²) in [4.78, 5) is 23.9.